The molecule has 0 spiro atoms. The van der Waals surface area contributed by atoms with Crippen molar-refractivity contribution in [2.45, 2.75) is 62.9 Å². The molecular weight excluding hydrogens is 516 g/mol. The van der Waals surface area contributed by atoms with Gasteiger partial charge in [-0.15, -0.1) is 0 Å². The molecule has 0 aliphatic carbocycles. The van der Waals surface area contributed by atoms with Crippen LogP contribution in [0.15, 0.2) is 47.4 Å². The molecule has 0 aromatic heterocycles. The first-order valence-corrected chi connectivity index (χ1v) is 16.2. The zero-order valence-corrected chi connectivity index (χ0v) is 24.1. The molecule has 194 valence electrons. The summed E-state index contributed by atoms with van der Waals surface area (Å²) in [4.78, 5) is 26.4. The first-order valence-electron chi connectivity index (χ1n) is 11.3. The van der Waals surface area contributed by atoms with Gasteiger partial charge in [-0.1, -0.05) is 32.4 Å². The lowest BCUT2D eigenvalue weighted by atomic mass is 10.1. The van der Waals surface area contributed by atoms with Gasteiger partial charge in [0.05, 0.1) is 16.7 Å². The Balaban J connectivity index is 2.22. The third-order valence-corrected chi connectivity index (χ3v) is 12.0. The van der Waals surface area contributed by atoms with Gasteiger partial charge in [-0.05, 0) is 78.7 Å². The van der Waals surface area contributed by atoms with Crippen LogP contribution in [0.4, 0.5) is 5.69 Å². The number of nitriles is 1. The fourth-order valence-corrected chi connectivity index (χ4v) is 5.21. The molecule has 1 unspecified atom stereocenters. The number of rotatable bonds is 8. The van der Waals surface area contributed by atoms with Gasteiger partial charge in [0.25, 0.3) is 11.8 Å². The minimum absolute atomic E-state index is 0.0808. The second kappa shape index (κ2) is 12.1. The number of hydrogen-bond donors (Lipinski definition) is 3. The number of carbonyl (C=O) groups is 2. The Labute approximate surface area is 222 Å². The lowest BCUT2D eigenvalue weighted by molar-refractivity contribution is -0.124. The van der Waals surface area contributed by atoms with Crippen LogP contribution < -0.4 is 16.2 Å². The maximum absolute atomic E-state index is 13.2. The molecule has 0 aliphatic heterocycles. The first-order chi connectivity index (χ1) is 16.7. The number of hydrazine groups is 1. The van der Waals surface area contributed by atoms with E-state index in [4.69, 9.17) is 21.3 Å². The summed E-state index contributed by atoms with van der Waals surface area (Å²) in [7, 11) is -2.23. The van der Waals surface area contributed by atoms with Crippen LogP contribution in [0, 0.1) is 11.3 Å². The van der Waals surface area contributed by atoms with Crippen molar-refractivity contribution >= 4 is 48.6 Å². The molecule has 3 N–H and O–H groups in total. The highest BCUT2D eigenvalue weighted by Gasteiger charge is 2.41. The molecular formula is C25H33ClN4O4SSi. The fourth-order valence-electron chi connectivity index (χ4n) is 3.05. The molecule has 0 saturated heterocycles. The van der Waals surface area contributed by atoms with Gasteiger partial charge in [0.1, 0.15) is 18.4 Å². The summed E-state index contributed by atoms with van der Waals surface area (Å²) in [6.45, 7) is 12.3. The van der Waals surface area contributed by atoms with Gasteiger partial charge in [-0.3, -0.25) is 20.4 Å². The summed E-state index contributed by atoms with van der Waals surface area (Å²) in [5.41, 5.74) is 6.04. The zero-order valence-electron chi connectivity index (χ0n) is 21.6. The molecule has 11 heteroatoms. The molecule has 8 nitrogen and oxygen atoms in total. The average molecular weight is 549 g/mol. The van der Waals surface area contributed by atoms with Crippen LogP contribution in [0.25, 0.3) is 0 Å². The normalized spacial score (nSPS) is 14.2. The van der Waals surface area contributed by atoms with E-state index in [2.05, 4.69) is 50.0 Å². The van der Waals surface area contributed by atoms with E-state index in [1.165, 1.54) is 12.1 Å². The summed E-state index contributed by atoms with van der Waals surface area (Å²) < 4.78 is 18.0. The van der Waals surface area contributed by atoms with E-state index in [1.807, 2.05) is 6.07 Å². The standard InChI is InChI=1S/C25H33ClN4O4SSi/c1-16(34-36(6,7)25(2,3)4)22(28-19-11-8-18(15-27)21(26)14-19)24(32)30-29-23(31)17-9-12-20(13-10-17)35(5)33/h8-14,16,22,28H,1-7H3,(H,29,31)(H,30,32)/t16-,22+,35?/m0/s1. The number of benzene rings is 2. The van der Waals surface area contributed by atoms with Crippen molar-refractivity contribution in [1.29, 1.82) is 5.26 Å². The second-order valence-corrected chi connectivity index (χ2v) is 16.5. The quantitative estimate of drug-likeness (QED) is 0.251. The highest BCUT2D eigenvalue weighted by Crippen LogP contribution is 2.37. The van der Waals surface area contributed by atoms with E-state index >= 15 is 0 Å². The lowest BCUT2D eigenvalue weighted by Crippen LogP contribution is -2.55. The predicted octanol–water partition coefficient (Wildman–Crippen LogP) is 4.60. The number of halogens is 1. The molecule has 2 rings (SSSR count). The molecule has 36 heavy (non-hydrogen) atoms. The van der Waals surface area contributed by atoms with Crippen molar-refractivity contribution in [1.82, 2.24) is 10.9 Å². The molecule has 0 radical (unpaired) electrons. The molecule has 0 fully saturated rings. The van der Waals surface area contributed by atoms with E-state index in [0.29, 0.717) is 21.7 Å². The molecule has 2 aromatic rings. The molecule has 0 saturated carbocycles. The Morgan fingerprint density at radius 3 is 2.25 bits per heavy atom. The fraction of sp³-hybridized carbons (Fsp3) is 0.400. The van der Waals surface area contributed by atoms with Crippen LogP contribution in [0.5, 0.6) is 0 Å². The number of carbonyl (C=O) groups excluding carboxylic acids is 2. The van der Waals surface area contributed by atoms with Crippen LogP contribution in [0.1, 0.15) is 43.6 Å². The van der Waals surface area contributed by atoms with Crippen LogP contribution in [-0.4, -0.2) is 43.1 Å². The van der Waals surface area contributed by atoms with E-state index in [0.717, 1.165) is 0 Å². The first kappa shape index (κ1) is 29.7. The van der Waals surface area contributed by atoms with E-state index in [-0.39, 0.29) is 10.1 Å². The van der Waals surface area contributed by atoms with Crippen molar-refractivity contribution in [3.05, 3.63) is 58.6 Å². The van der Waals surface area contributed by atoms with Gasteiger partial charge in [0.15, 0.2) is 13.2 Å². The van der Waals surface area contributed by atoms with Crippen molar-refractivity contribution < 1.29 is 18.6 Å². The Bertz CT molecular complexity index is 1130. The minimum Gasteiger partial charge on any atom is -0.612 e. The Hall–Kier alpha value is -2.55. The topological polar surface area (TPSA) is 126 Å². The van der Waals surface area contributed by atoms with Crippen molar-refractivity contribution in [2.24, 2.45) is 0 Å². The smallest absolute Gasteiger partial charge is 0.269 e. The van der Waals surface area contributed by atoms with Crippen molar-refractivity contribution in [2.75, 3.05) is 11.6 Å². The van der Waals surface area contributed by atoms with E-state index < -0.39 is 43.5 Å². The summed E-state index contributed by atoms with van der Waals surface area (Å²) in [6, 6.07) is 12.2. The molecule has 2 amide bonds. The number of amides is 2. The van der Waals surface area contributed by atoms with Gasteiger partial charge in [0, 0.05) is 11.3 Å². The maximum Gasteiger partial charge on any atom is 0.269 e. The van der Waals surface area contributed by atoms with E-state index in [1.54, 1.807) is 43.5 Å². The lowest BCUT2D eigenvalue weighted by Gasteiger charge is -2.40. The third-order valence-electron chi connectivity index (χ3n) is 6.20. The maximum atomic E-state index is 13.2. The third kappa shape index (κ3) is 7.72. The van der Waals surface area contributed by atoms with Crippen LogP contribution >= 0.6 is 11.6 Å². The zero-order chi connectivity index (χ0) is 27.3. The van der Waals surface area contributed by atoms with Crippen LogP contribution in [-0.2, 0) is 20.4 Å². The minimum atomic E-state index is -2.23. The van der Waals surface area contributed by atoms with E-state index in [9.17, 15) is 14.1 Å². The summed E-state index contributed by atoms with van der Waals surface area (Å²) in [6.07, 6.45) is 0.993. The van der Waals surface area contributed by atoms with Gasteiger partial charge in [-0.2, -0.15) is 5.26 Å². The highest BCUT2D eigenvalue weighted by atomic mass is 35.5. The number of anilines is 1. The molecule has 0 aliphatic rings. The van der Waals surface area contributed by atoms with Crippen molar-refractivity contribution in [3.63, 3.8) is 0 Å². The molecule has 2 aromatic carbocycles. The number of nitrogens with one attached hydrogen (secondary N) is 3. The van der Waals surface area contributed by atoms with Crippen molar-refractivity contribution in [3.8, 4) is 6.07 Å². The summed E-state index contributed by atoms with van der Waals surface area (Å²) in [5.74, 6) is -1.03. The predicted molar refractivity (Wildman–Crippen MR) is 146 cm³/mol. The van der Waals surface area contributed by atoms with Gasteiger partial charge < -0.3 is 14.3 Å². The van der Waals surface area contributed by atoms with Crippen LogP contribution in [0.3, 0.4) is 0 Å². The Morgan fingerprint density at radius 1 is 1.14 bits per heavy atom. The largest absolute Gasteiger partial charge is 0.612 e. The Morgan fingerprint density at radius 2 is 1.75 bits per heavy atom. The van der Waals surface area contributed by atoms with Gasteiger partial charge >= 0.3 is 0 Å². The Kier molecular flexibility index (Phi) is 9.99. The molecule has 3 atom stereocenters. The highest BCUT2D eigenvalue weighted by molar-refractivity contribution is 7.90. The SMILES string of the molecule is C[C@H](O[Si](C)(C)C(C)(C)C)[C@@H](Nc1ccc(C#N)c(Cl)c1)C(=O)NNC(=O)c1ccc([S+](C)[O-])cc1. The number of hydrogen-bond acceptors (Lipinski definition) is 6. The average Bonchev–Trinajstić information content (AvgIpc) is 2.79. The summed E-state index contributed by atoms with van der Waals surface area (Å²) >= 11 is 5.02. The van der Waals surface area contributed by atoms with Crippen LogP contribution in [0.2, 0.25) is 23.2 Å². The second-order valence-electron chi connectivity index (χ2n) is 9.93. The molecule has 0 heterocycles. The van der Waals surface area contributed by atoms with Gasteiger partial charge in [-0.25, -0.2) is 0 Å². The monoisotopic (exact) mass is 548 g/mol. The number of nitrogens with zero attached hydrogens (tertiary/aromatic N) is 1. The van der Waals surface area contributed by atoms with Gasteiger partial charge in [0.2, 0.25) is 0 Å². The molecule has 0 bridgehead atoms. The summed E-state index contributed by atoms with van der Waals surface area (Å²) in [5, 5.41) is 12.4.